The minimum atomic E-state index is -0.240. The number of amides is 2. The highest BCUT2D eigenvalue weighted by atomic mass is 16.5. The lowest BCUT2D eigenvalue weighted by Crippen LogP contribution is -2.51. The van der Waals surface area contributed by atoms with Crippen LogP contribution in [0, 0.1) is 0 Å². The Balaban J connectivity index is 2.18. The molecule has 25 heavy (non-hydrogen) atoms. The fourth-order valence-electron chi connectivity index (χ4n) is 3.06. The van der Waals surface area contributed by atoms with E-state index in [9.17, 15) is 9.59 Å². The van der Waals surface area contributed by atoms with Gasteiger partial charge in [-0.2, -0.15) is 0 Å². The number of nitrogens with two attached hydrogens (primary N) is 1. The van der Waals surface area contributed by atoms with Crippen LogP contribution >= 0.6 is 0 Å². The molecule has 0 aliphatic carbocycles. The lowest BCUT2D eigenvalue weighted by molar-refractivity contribution is -0.122. The molecule has 2 rings (SSSR count). The first-order valence-corrected chi connectivity index (χ1v) is 8.56. The van der Waals surface area contributed by atoms with Crippen LogP contribution in [0.25, 0.3) is 0 Å². The Morgan fingerprint density at radius 2 is 2.12 bits per heavy atom. The Labute approximate surface area is 148 Å². The van der Waals surface area contributed by atoms with Gasteiger partial charge in [-0.05, 0) is 44.4 Å². The molecule has 2 amide bonds. The minimum Gasteiger partial charge on any atom is -0.493 e. The maximum absolute atomic E-state index is 12.9. The van der Waals surface area contributed by atoms with E-state index in [0.717, 1.165) is 19.3 Å². The summed E-state index contributed by atoms with van der Waals surface area (Å²) in [6, 6.07) is 4.98. The molecule has 7 nitrogen and oxygen atoms in total. The van der Waals surface area contributed by atoms with Gasteiger partial charge < -0.3 is 25.4 Å². The number of hydrogen-bond donors (Lipinski definition) is 2. The quantitative estimate of drug-likeness (QED) is 0.804. The van der Waals surface area contributed by atoms with Gasteiger partial charge >= 0.3 is 0 Å². The summed E-state index contributed by atoms with van der Waals surface area (Å²) in [5.41, 5.74) is 6.58. The second-order valence-electron chi connectivity index (χ2n) is 6.25. The first-order valence-electron chi connectivity index (χ1n) is 8.56. The van der Waals surface area contributed by atoms with Crippen LogP contribution in [-0.2, 0) is 4.79 Å². The van der Waals surface area contributed by atoms with Crippen molar-refractivity contribution < 1.29 is 19.1 Å². The second-order valence-corrected chi connectivity index (χ2v) is 6.25. The van der Waals surface area contributed by atoms with Crippen molar-refractivity contribution in [2.24, 2.45) is 5.73 Å². The predicted octanol–water partition coefficient (Wildman–Crippen LogP) is 1.16. The molecule has 0 bridgehead atoms. The number of carbonyl (C=O) groups excluding carboxylic acids is 2. The van der Waals surface area contributed by atoms with Crippen LogP contribution in [0.4, 0.5) is 0 Å². The number of nitrogens with one attached hydrogen (secondary N) is 1. The molecule has 0 radical (unpaired) electrons. The summed E-state index contributed by atoms with van der Waals surface area (Å²) >= 11 is 0. The number of likely N-dealkylation sites (tertiary alicyclic amines) is 1. The number of benzene rings is 1. The van der Waals surface area contributed by atoms with Crippen molar-refractivity contribution in [3.05, 3.63) is 23.8 Å². The van der Waals surface area contributed by atoms with Crippen LogP contribution in [-0.4, -0.2) is 56.1 Å². The molecular formula is C18H27N3O4. The molecule has 0 saturated carbocycles. The Kier molecular flexibility index (Phi) is 6.64. The van der Waals surface area contributed by atoms with E-state index in [0.29, 0.717) is 23.6 Å². The standard InChI is InChI=1S/C18H27N3O4/c1-12(19)14-6-4-5-9-21(14)18(23)13-7-8-15(16(10-13)24-3)25-11-17(22)20-2/h7-8,10,12,14H,4-6,9,11,19H2,1-3H3,(H,20,22)/t12-,14+/m1/s1. The van der Waals surface area contributed by atoms with Gasteiger partial charge in [-0.1, -0.05) is 0 Å². The summed E-state index contributed by atoms with van der Waals surface area (Å²) in [5.74, 6) is 0.544. The van der Waals surface area contributed by atoms with Gasteiger partial charge in [-0.25, -0.2) is 0 Å². The van der Waals surface area contributed by atoms with Crippen molar-refractivity contribution in [2.75, 3.05) is 27.3 Å². The highest BCUT2D eigenvalue weighted by Gasteiger charge is 2.30. The monoisotopic (exact) mass is 349 g/mol. The van der Waals surface area contributed by atoms with E-state index in [1.165, 1.54) is 14.2 Å². The van der Waals surface area contributed by atoms with Crippen molar-refractivity contribution in [1.82, 2.24) is 10.2 Å². The van der Waals surface area contributed by atoms with Crippen LogP contribution in [0.1, 0.15) is 36.5 Å². The molecule has 1 heterocycles. The number of nitrogens with zero attached hydrogens (tertiary/aromatic N) is 1. The molecule has 3 N–H and O–H groups in total. The third-order valence-electron chi connectivity index (χ3n) is 4.47. The lowest BCUT2D eigenvalue weighted by Gasteiger charge is -2.38. The Morgan fingerprint density at radius 3 is 2.76 bits per heavy atom. The average Bonchev–Trinajstić information content (AvgIpc) is 2.65. The third kappa shape index (κ3) is 4.63. The zero-order valence-corrected chi connectivity index (χ0v) is 15.1. The summed E-state index contributed by atoms with van der Waals surface area (Å²) in [7, 11) is 3.04. The zero-order chi connectivity index (χ0) is 18.4. The topological polar surface area (TPSA) is 93.9 Å². The summed E-state index contributed by atoms with van der Waals surface area (Å²) in [4.78, 5) is 26.1. The maximum Gasteiger partial charge on any atom is 0.257 e. The molecule has 1 aromatic rings. The number of likely N-dealkylation sites (N-methyl/N-ethyl adjacent to an activating group) is 1. The van der Waals surface area contributed by atoms with E-state index in [-0.39, 0.29) is 30.5 Å². The average molecular weight is 349 g/mol. The van der Waals surface area contributed by atoms with Crippen LogP contribution in [0.5, 0.6) is 11.5 Å². The van der Waals surface area contributed by atoms with Crippen molar-refractivity contribution in [2.45, 2.75) is 38.3 Å². The van der Waals surface area contributed by atoms with Crippen LogP contribution < -0.4 is 20.5 Å². The van der Waals surface area contributed by atoms with Crippen LogP contribution in [0.2, 0.25) is 0 Å². The van der Waals surface area contributed by atoms with E-state index in [4.69, 9.17) is 15.2 Å². The van der Waals surface area contributed by atoms with Gasteiger partial charge in [0.15, 0.2) is 18.1 Å². The number of ether oxygens (including phenoxy) is 2. The van der Waals surface area contributed by atoms with Crippen molar-refractivity contribution in [3.63, 3.8) is 0 Å². The molecule has 0 spiro atoms. The highest BCUT2D eigenvalue weighted by molar-refractivity contribution is 5.95. The highest BCUT2D eigenvalue weighted by Crippen LogP contribution is 2.30. The number of methoxy groups -OCH3 is 1. The molecule has 1 aliphatic heterocycles. The smallest absolute Gasteiger partial charge is 0.257 e. The molecule has 1 aliphatic rings. The second kappa shape index (κ2) is 8.71. The van der Waals surface area contributed by atoms with Crippen molar-refractivity contribution in [3.8, 4) is 11.5 Å². The minimum absolute atomic E-state index is 0.0522. The van der Waals surface area contributed by atoms with Gasteiger partial charge in [0.1, 0.15) is 0 Å². The molecule has 7 heteroatoms. The first-order chi connectivity index (χ1) is 12.0. The fourth-order valence-corrected chi connectivity index (χ4v) is 3.06. The summed E-state index contributed by atoms with van der Waals surface area (Å²) < 4.78 is 10.7. The summed E-state index contributed by atoms with van der Waals surface area (Å²) in [6.45, 7) is 2.54. The normalized spacial score (nSPS) is 18.4. The largest absolute Gasteiger partial charge is 0.493 e. The van der Waals surface area contributed by atoms with E-state index >= 15 is 0 Å². The van der Waals surface area contributed by atoms with Gasteiger partial charge in [-0.3, -0.25) is 9.59 Å². The van der Waals surface area contributed by atoms with Crippen LogP contribution in [0.15, 0.2) is 18.2 Å². The molecule has 1 saturated heterocycles. The maximum atomic E-state index is 12.9. The van der Waals surface area contributed by atoms with Gasteiger partial charge in [0.25, 0.3) is 11.8 Å². The van der Waals surface area contributed by atoms with E-state index in [2.05, 4.69) is 5.32 Å². The number of piperidine rings is 1. The van der Waals surface area contributed by atoms with Crippen LogP contribution in [0.3, 0.4) is 0 Å². The molecule has 1 fully saturated rings. The van der Waals surface area contributed by atoms with E-state index < -0.39 is 0 Å². The van der Waals surface area contributed by atoms with E-state index in [1.807, 2.05) is 11.8 Å². The van der Waals surface area contributed by atoms with Gasteiger partial charge in [0, 0.05) is 31.2 Å². The molecule has 2 atom stereocenters. The molecule has 138 valence electrons. The molecule has 0 unspecified atom stereocenters. The number of hydrogen-bond acceptors (Lipinski definition) is 5. The van der Waals surface area contributed by atoms with Gasteiger partial charge in [0.05, 0.1) is 7.11 Å². The van der Waals surface area contributed by atoms with E-state index in [1.54, 1.807) is 18.2 Å². The Bertz CT molecular complexity index is 618. The number of rotatable bonds is 6. The lowest BCUT2D eigenvalue weighted by atomic mass is 9.96. The van der Waals surface area contributed by atoms with Crippen molar-refractivity contribution in [1.29, 1.82) is 0 Å². The molecule has 1 aromatic carbocycles. The molecule has 0 aromatic heterocycles. The Morgan fingerprint density at radius 1 is 1.36 bits per heavy atom. The third-order valence-corrected chi connectivity index (χ3v) is 4.47. The Hall–Kier alpha value is -2.28. The number of carbonyl (C=O) groups is 2. The summed E-state index contributed by atoms with van der Waals surface area (Å²) in [5, 5.41) is 2.48. The van der Waals surface area contributed by atoms with Gasteiger partial charge in [-0.15, -0.1) is 0 Å². The zero-order valence-electron chi connectivity index (χ0n) is 15.1. The van der Waals surface area contributed by atoms with Crippen molar-refractivity contribution >= 4 is 11.8 Å². The summed E-state index contributed by atoms with van der Waals surface area (Å²) in [6.07, 6.45) is 3.00. The fraction of sp³-hybridized carbons (Fsp3) is 0.556. The predicted molar refractivity (Wildman–Crippen MR) is 94.9 cm³/mol. The molecular weight excluding hydrogens is 322 g/mol. The SMILES string of the molecule is CNC(=O)COc1ccc(C(=O)N2CCCC[C@H]2[C@@H](C)N)cc1OC. The first kappa shape index (κ1) is 19.1. The van der Waals surface area contributed by atoms with Gasteiger partial charge in [0.2, 0.25) is 0 Å².